The van der Waals surface area contributed by atoms with Gasteiger partial charge < -0.3 is 0 Å². The van der Waals surface area contributed by atoms with Gasteiger partial charge in [-0.25, -0.2) is 4.98 Å². The summed E-state index contributed by atoms with van der Waals surface area (Å²) in [5.74, 6) is 0.407. The number of allylic oxidation sites excluding steroid dienone is 15. The Balaban J connectivity index is 1.05. The first-order valence-electron chi connectivity index (χ1n) is 19.0. The molecule has 0 radical (unpaired) electrons. The van der Waals surface area contributed by atoms with Crippen LogP contribution in [0.1, 0.15) is 23.6 Å². The summed E-state index contributed by atoms with van der Waals surface area (Å²) in [6.45, 7) is 6.02. The van der Waals surface area contributed by atoms with Crippen molar-refractivity contribution in [3.63, 3.8) is 0 Å². The van der Waals surface area contributed by atoms with Crippen LogP contribution >= 0.6 is 0 Å². The van der Waals surface area contributed by atoms with Crippen LogP contribution in [0.15, 0.2) is 191 Å². The zero-order valence-corrected chi connectivity index (χ0v) is 30.4. The summed E-state index contributed by atoms with van der Waals surface area (Å²) < 4.78 is 0. The second kappa shape index (κ2) is 12.3. The van der Waals surface area contributed by atoms with E-state index >= 15 is 0 Å². The fourth-order valence-electron chi connectivity index (χ4n) is 9.50. The van der Waals surface area contributed by atoms with Crippen molar-refractivity contribution in [1.29, 1.82) is 0 Å². The second-order valence-electron chi connectivity index (χ2n) is 14.7. The first-order chi connectivity index (χ1) is 27.2. The number of aromatic nitrogens is 2. The fourth-order valence-corrected chi connectivity index (χ4v) is 9.50. The average molecular weight is 702 g/mol. The Bertz CT molecular complexity index is 3110. The van der Waals surface area contributed by atoms with Crippen molar-refractivity contribution in [2.75, 3.05) is 0 Å². The van der Waals surface area contributed by atoms with E-state index in [1.54, 1.807) is 0 Å². The lowest BCUT2D eigenvalue weighted by Gasteiger charge is -2.42. The zero-order valence-electron chi connectivity index (χ0n) is 30.4. The monoisotopic (exact) mass is 701 g/mol. The molecule has 0 fully saturated rings. The van der Waals surface area contributed by atoms with Gasteiger partial charge in [0.2, 0.25) is 0 Å². The number of benzene rings is 5. The van der Waals surface area contributed by atoms with Crippen LogP contribution < -0.4 is 0 Å². The van der Waals surface area contributed by atoms with Gasteiger partial charge >= 0.3 is 0 Å². The van der Waals surface area contributed by atoms with E-state index in [0.717, 1.165) is 44.5 Å². The fraction of sp³-hybridized carbons (Fsp3) is 0.0577. The molecule has 4 aliphatic carbocycles. The molecule has 0 spiro atoms. The molecule has 0 N–H and O–H groups in total. The number of hydrogen-bond donors (Lipinski definition) is 0. The van der Waals surface area contributed by atoms with E-state index in [0.29, 0.717) is 0 Å². The van der Waals surface area contributed by atoms with Crippen LogP contribution in [-0.4, -0.2) is 16.7 Å². The Morgan fingerprint density at radius 1 is 0.673 bits per heavy atom. The summed E-state index contributed by atoms with van der Waals surface area (Å²) in [4.78, 5) is 14.6. The number of aliphatic imine (C=N–C) groups is 1. The highest BCUT2D eigenvalue weighted by Crippen LogP contribution is 2.55. The lowest BCUT2D eigenvalue weighted by molar-refractivity contribution is 0.569. The molecule has 3 nitrogen and oxygen atoms in total. The molecule has 2 unspecified atom stereocenters. The van der Waals surface area contributed by atoms with Crippen molar-refractivity contribution in [1.82, 2.24) is 9.97 Å². The number of hydrogen-bond acceptors (Lipinski definition) is 3. The van der Waals surface area contributed by atoms with Gasteiger partial charge in [0.15, 0.2) is 0 Å². The van der Waals surface area contributed by atoms with Crippen LogP contribution in [0.3, 0.4) is 0 Å². The second-order valence-corrected chi connectivity index (χ2v) is 14.7. The number of nitrogens with zero attached hydrogens (tertiary/aromatic N) is 3. The van der Waals surface area contributed by atoms with E-state index in [1.807, 2.05) is 12.3 Å². The van der Waals surface area contributed by atoms with Gasteiger partial charge in [-0.2, -0.15) is 0 Å². The van der Waals surface area contributed by atoms with Crippen LogP contribution in [0.25, 0.3) is 71.8 Å². The molecule has 258 valence electrons. The standard InChI is InChI=1S/C52H35N3/c1-3-10-42-45(30-36-14-9-28-54-51(36)52(42)53-2)39-24-20-33-21-25-40-37(23-19-32-22-26-41(39)48(33)47(32)40)34-12-8-13-35(29-34)50-44-27-18-31-11-4-5-15-38(31)49(44)43-16-6-7-17-46(43)55-50/h3-30,47-48H,2H2,1H3/b10-3-. The van der Waals surface area contributed by atoms with Crippen molar-refractivity contribution < 1.29 is 0 Å². The van der Waals surface area contributed by atoms with Crippen molar-refractivity contribution in [2.45, 2.75) is 6.92 Å². The van der Waals surface area contributed by atoms with Crippen molar-refractivity contribution in [3.8, 4) is 11.3 Å². The van der Waals surface area contributed by atoms with Crippen LogP contribution in [0.2, 0.25) is 0 Å². The lowest BCUT2D eigenvalue weighted by Crippen LogP contribution is -2.30. The summed E-state index contributed by atoms with van der Waals surface area (Å²) in [7, 11) is 0. The van der Waals surface area contributed by atoms with E-state index in [4.69, 9.17) is 9.97 Å². The SMILES string of the molecule is C=Nc1c(/C=C\C)c(C2=CC=C3C=CC4=C(c5cccc(-c6nc7ccccc7c7c6ccc6ccccc67)c5)C=CC5=CC=C2C3C54)cc2cccnc12. The third-order valence-electron chi connectivity index (χ3n) is 11.9. The third kappa shape index (κ3) is 4.73. The van der Waals surface area contributed by atoms with Crippen molar-refractivity contribution in [2.24, 2.45) is 16.8 Å². The molecular formula is C52H35N3. The molecule has 55 heavy (non-hydrogen) atoms. The van der Waals surface area contributed by atoms with Crippen LogP contribution in [0.4, 0.5) is 5.69 Å². The normalized spacial score (nSPS) is 18.5. The van der Waals surface area contributed by atoms with Crippen LogP contribution in [-0.2, 0) is 0 Å². The summed E-state index contributed by atoms with van der Waals surface area (Å²) in [5.41, 5.74) is 16.1. The number of rotatable bonds is 5. The Morgan fingerprint density at radius 3 is 2.38 bits per heavy atom. The first-order valence-corrected chi connectivity index (χ1v) is 19.0. The summed E-state index contributed by atoms with van der Waals surface area (Å²) in [6.07, 6.45) is 24.7. The molecule has 7 aromatic rings. The number of para-hydroxylation sites is 1. The molecule has 11 rings (SSSR count). The summed E-state index contributed by atoms with van der Waals surface area (Å²) in [5, 5.41) is 7.16. The van der Waals surface area contributed by atoms with Crippen LogP contribution in [0, 0.1) is 11.8 Å². The highest BCUT2D eigenvalue weighted by molar-refractivity contribution is 6.22. The van der Waals surface area contributed by atoms with Gasteiger partial charge in [-0.1, -0.05) is 140 Å². The molecule has 0 amide bonds. The van der Waals surface area contributed by atoms with E-state index in [2.05, 4.69) is 176 Å². The minimum absolute atomic E-state index is 0.200. The number of fused-ring (bicyclic) bond motifs is 6. The highest BCUT2D eigenvalue weighted by atomic mass is 14.8. The van der Waals surface area contributed by atoms with E-state index in [1.165, 1.54) is 65.9 Å². The maximum Gasteiger partial charge on any atom is 0.0964 e. The maximum absolute atomic E-state index is 5.32. The quantitative estimate of drug-likeness (QED) is 0.132. The highest BCUT2D eigenvalue weighted by Gasteiger charge is 2.41. The molecule has 2 heterocycles. The van der Waals surface area contributed by atoms with Crippen molar-refractivity contribution >= 4 is 73.0 Å². The van der Waals surface area contributed by atoms with Gasteiger partial charge in [-0.05, 0) is 93.2 Å². The summed E-state index contributed by atoms with van der Waals surface area (Å²) >= 11 is 0. The molecule has 2 atom stereocenters. The van der Waals surface area contributed by atoms with E-state index in [-0.39, 0.29) is 11.8 Å². The Kier molecular flexibility index (Phi) is 7.05. The molecule has 0 bridgehead atoms. The minimum atomic E-state index is 0.200. The van der Waals surface area contributed by atoms with Gasteiger partial charge in [-0.15, -0.1) is 0 Å². The molecule has 0 aliphatic heterocycles. The topological polar surface area (TPSA) is 38.1 Å². The maximum atomic E-state index is 5.32. The minimum Gasteiger partial charge on any atom is -0.262 e. The largest absolute Gasteiger partial charge is 0.262 e. The first kappa shape index (κ1) is 31.5. The van der Waals surface area contributed by atoms with Crippen LogP contribution in [0.5, 0.6) is 0 Å². The van der Waals surface area contributed by atoms with Crippen molar-refractivity contribution in [3.05, 3.63) is 203 Å². The molecule has 0 saturated heterocycles. The molecular weight excluding hydrogens is 667 g/mol. The zero-order chi connectivity index (χ0) is 36.6. The van der Waals surface area contributed by atoms with Gasteiger partial charge in [0.05, 0.1) is 22.4 Å². The lowest BCUT2D eigenvalue weighted by atomic mass is 9.61. The third-order valence-corrected chi connectivity index (χ3v) is 11.9. The van der Waals surface area contributed by atoms with Gasteiger partial charge in [0.25, 0.3) is 0 Å². The molecule has 5 aromatic carbocycles. The molecule has 4 aliphatic rings. The molecule has 3 heteroatoms. The predicted molar refractivity (Wildman–Crippen MR) is 232 cm³/mol. The van der Waals surface area contributed by atoms with E-state index < -0.39 is 0 Å². The Labute approximate surface area is 319 Å². The van der Waals surface area contributed by atoms with Gasteiger partial charge in [0.1, 0.15) is 0 Å². The summed E-state index contributed by atoms with van der Waals surface area (Å²) in [6, 6.07) is 37.1. The van der Waals surface area contributed by atoms with E-state index in [9.17, 15) is 0 Å². The Morgan fingerprint density at radius 2 is 1.47 bits per heavy atom. The predicted octanol–water partition coefficient (Wildman–Crippen LogP) is 13.1. The van der Waals surface area contributed by atoms with Gasteiger partial charge in [0, 0.05) is 50.7 Å². The Hall–Kier alpha value is -6.97. The smallest absolute Gasteiger partial charge is 0.0964 e. The molecule has 0 saturated carbocycles. The van der Waals surface area contributed by atoms with Gasteiger partial charge in [-0.3, -0.25) is 9.98 Å². The average Bonchev–Trinajstić information content (AvgIpc) is 3.24. The number of pyridine rings is 2. The molecule has 2 aromatic heterocycles.